The molecule has 3 amide bonds. The Morgan fingerprint density at radius 3 is 2.42 bits per heavy atom. The number of rotatable bonds is 11. The van der Waals surface area contributed by atoms with E-state index in [9.17, 15) is 19.2 Å². The SMILES string of the molecule is COC(=O)c1c(NC(=O)C(C)Sc2cccc(NC(=O)/C(=C/c3ccsc3)NC(=O)c3ccccc3)c2)sc2c1CCC(c1ccccc1)C2. The van der Waals surface area contributed by atoms with Crippen molar-refractivity contribution >= 4 is 74.9 Å². The first-order valence-electron chi connectivity index (χ1n) is 16.1. The molecule has 2 heterocycles. The Morgan fingerprint density at radius 1 is 0.940 bits per heavy atom. The molecule has 0 saturated heterocycles. The second kappa shape index (κ2) is 16.2. The van der Waals surface area contributed by atoms with Crippen molar-refractivity contribution in [3.8, 4) is 0 Å². The van der Waals surface area contributed by atoms with E-state index in [-0.39, 0.29) is 11.6 Å². The highest BCUT2D eigenvalue weighted by molar-refractivity contribution is 8.00. The number of hydrogen-bond acceptors (Lipinski definition) is 8. The van der Waals surface area contributed by atoms with Crippen LogP contribution >= 0.6 is 34.4 Å². The molecule has 8 nitrogen and oxygen atoms in total. The molecule has 3 N–H and O–H groups in total. The zero-order valence-corrected chi connectivity index (χ0v) is 29.9. The van der Waals surface area contributed by atoms with Gasteiger partial charge in [-0.15, -0.1) is 23.1 Å². The second-order valence-corrected chi connectivity index (χ2v) is 15.0. The fourth-order valence-corrected chi connectivity index (χ4v) is 8.65. The van der Waals surface area contributed by atoms with Gasteiger partial charge >= 0.3 is 5.97 Å². The summed E-state index contributed by atoms with van der Waals surface area (Å²) in [5.41, 5.74) is 4.49. The van der Waals surface area contributed by atoms with Crippen LogP contribution in [-0.2, 0) is 27.2 Å². The van der Waals surface area contributed by atoms with Crippen LogP contribution in [0, 0.1) is 0 Å². The minimum Gasteiger partial charge on any atom is -0.465 e. The number of esters is 1. The van der Waals surface area contributed by atoms with Gasteiger partial charge in [-0.25, -0.2) is 4.79 Å². The van der Waals surface area contributed by atoms with E-state index in [4.69, 9.17) is 4.74 Å². The predicted molar refractivity (Wildman–Crippen MR) is 202 cm³/mol. The monoisotopic (exact) mass is 721 g/mol. The Bertz CT molecular complexity index is 2020. The summed E-state index contributed by atoms with van der Waals surface area (Å²) in [5, 5.41) is 12.4. The number of amides is 3. The topological polar surface area (TPSA) is 114 Å². The molecule has 2 atom stereocenters. The first kappa shape index (κ1) is 34.9. The number of ether oxygens (including phenoxy) is 1. The quantitative estimate of drug-likeness (QED) is 0.0718. The lowest BCUT2D eigenvalue weighted by molar-refractivity contribution is -0.115. The zero-order valence-electron chi connectivity index (χ0n) is 27.4. The third kappa shape index (κ3) is 8.42. The molecule has 0 aliphatic heterocycles. The Balaban J connectivity index is 1.13. The molecule has 5 aromatic rings. The number of thioether (sulfide) groups is 1. The molecule has 0 fully saturated rings. The van der Waals surface area contributed by atoms with Crippen LogP contribution in [0.25, 0.3) is 6.08 Å². The molecule has 2 unspecified atom stereocenters. The number of benzene rings is 3. The molecule has 0 bridgehead atoms. The summed E-state index contributed by atoms with van der Waals surface area (Å²) in [7, 11) is 1.36. The maximum Gasteiger partial charge on any atom is 0.341 e. The molecule has 0 radical (unpaired) electrons. The minimum atomic E-state index is -0.526. The minimum absolute atomic E-state index is 0.0956. The van der Waals surface area contributed by atoms with Crippen molar-refractivity contribution in [1.82, 2.24) is 5.32 Å². The Labute approximate surface area is 303 Å². The Morgan fingerprint density at radius 2 is 1.70 bits per heavy atom. The van der Waals surface area contributed by atoms with Crippen molar-refractivity contribution in [2.45, 2.75) is 42.2 Å². The van der Waals surface area contributed by atoms with Gasteiger partial charge in [-0.2, -0.15) is 11.3 Å². The molecule has 2 aromatic heterocycles. The van der Waals surface area contributed by atoms with Crippen molar-refractivity contribution in [1.29, 1.82) is 0 Å². The molecular formula is C39H35N3O5S3. The van der Waals surface area contributed by atoms with Crippen molar-refractivity contribution in [2.75, 3.05) is 17.7 Å². The van der Waals surface area contributed by atoms with Crippen LogP contribution in [0.15, 0.2) is 112 Å². The van der Waals surface area contributed by atoms with E-state index in [0.717, 1.165) is 40.2 Å². The summed E-state index contributed by atoms with van der Waals surface area (Å²) < 4.78 is 5.13. The lowest BCUT2D eigenvalue weighted by Gasteiger charge is -2.22. The van der Waals surface area contributed by atoms with Crippen LogP contribution in [0.1, 0.15) is 61.5 Å². The van der Waals surface area contributed by atoms with Gasteiger partial charge in [0.15, 0.2) is 0 Å². The number of hydrogen-bond donors (Lipinski definition) is 3. The van der Waals surface area contributed by atoms with Crippen LogP contribution < -0.4 is 16.0 Å². The van der Waals surface area contributed by atoms with Gasteiger partial charge in [0.2, 0.25) is 5.91 Å². The van der Waals surface area contributed by atoms with Gasteiger partial charge in [-0.05, 0) is 102 Å². The van der Waals surface area contributed by atoms with E-state index >= 15 is 0 Å². The molecule has 6 rings (SSSR count). The largest absolute Gasteiger partial charge is 0.465 e. The normalized spacial score (nSPS) is 14.6. The summed E-state index contributed by atoms with van der Waals surface area (Å²) >= 11 is 4.26. The molecule has 1 aliphatic rings. The number of fused-ring (bicyclic) bond motifs is 1. The van der Waals surface area contributed by atoms with Gasteiger partial charge in [0.25, 0.3) is 11.8 Å². The number of anilines is 2. The number of carbonyl (C=O) groups is 4. The van der Waals surface area contributed by atoms with Crippen molar-refractivity contribution in [3.05, 3.63) is 140 Å². The van der Waals surface area contributed by atoms with Crippen LogP contribution in [0.5, 0.6) is 0 Å². The highest BCUT2D eigenvalue weighted by Crippen LogP contribution is 2.43. The molecule has 3 aromatic carbocycles. The summed E-state index contributed by atoms with van der Waals surface area (Å²) in [4.78, 5) is 54.6. The first-order chi connectivity index (χ1) is 24.3. The average Bonchev–Trinajstić information content (AvgIpc) is 3.79. The fraction of sp³-hybridized carbons (Fsp3) is 0.179. The van der Waals surface area contributed by atoms with Crippen LogP contribution in [-0.4, -0.2) is 36.1 Å². The Hall–Kier alpha value is -4.97. The van der Waals surface area contributed by atoms with E-state index in [1.165, 1.54) is 47.1 Å². The molecule has 254 valence electrons. The van der Waals surface area contributed by atoms with E-state index in [2.05, 4.69) is 28.1 Å². The van der Waals surface area contributed by atoms with Gasteiger partial charge in [-0.1, -0.05) is 54.6 Å². The van der Waals surface area contributed by atoms with E-state index in [1.54, 1.807) is 55.5 Å². The second-order valence-electron chi connectivity index (χ2n) is 11.7. The van der Waals surface area contributed by atoms with Crippen molar-refractivity contribution < 1.29 is 23.9 Å². The Kier molecular flexibility index (Phi) is 11.3. The van der Waals surface area contributed by atoms with Crippen molar-refractivity contribution in [2.24, 2.45) is 0 Å². The third-order valence-corrected chi connectivity index (χ3v) is 11.3. The van der Waals surface area contributed by atoms with Crippen LogP contribution in [0.2, 0.25) is 0 Å². The van der Waals surface area contributed by atoms with Gasteiger partial charge in [0.05, 0.1) is 17.9 Å². The summed E-state index contributed by atoms with van der Waals surface area (Å²) in [6, 6.07) is 28.1. The summed E-state index contributed by atoms with van der Waals surface area (Å²) in [6.45, 7) is 1.79. The van der Waals surface area contributed by atoms with Crippen molar-refractivity contribution in [3.63, 3.8) is 0 Å². The summed E-state index contributed by atoms with van der Waals surface area (Å²) in [6.07, 6.45) is 4.07. The number of carbonyl (C=O) groups excluding carboxylic acids is 4. The molecule has 50 heavy (non-hydrogen) atoms. The van der Waals surface area contributed by atoms with Crippen LogP contribution in [0.4, 0.5) is 10.7 Å². The molecule has 11 heteroatoms. The van der Waals surface area contributed by atoms with Gasteiger partial charge in [0, 0.05) is 21.0 Å². The average molecular weight is 722 g/mol. The van der Waals surface area contributed by atoms with E-state index < -0.39 is 23.0 Å². The third-order valence-electron chi connectivity index (χ3n) is 8.32. The molecule has 1 aliphatic carbocycles. The van der Waals surface area contributed by atoms with E-state index in [0.29, 0.717) is 27.7 Å². The maximum atomic E-state index is 13.5. The lowest BCUT2D eigenvalue weighted by Crippen LogP contribution is -2.30. The molecule has 0 spiro atoms. The molecular weight excluding hydrogens is 687 g/mol. The van der Waals surface area contributed by atoms with E-state index in [1.807, 2.05) is 47.2 Å². The standard InChI is InChI=1S/C39H35N3O5S3/c1-24(35(43)42-38-34(39(46)47-2)31-17-16-28(21-33(31)50-38)26-10-5-3-6-11-26)49-30-15-9-14-29(22-30)40-37(45)32(20-25-18-19-48-23-25)41-36(44)27-12-7-4-8-13-27/h3-15,18-20,22-24,28H,16-17,21H2,1-2H3,(H,40,45)(H,41,44)(H,42,43)/b32-20-. The van der Waals surface area contributed by atoms with Gasteiger partial charge < -0.3 is 20.7 Å². The summed E-state index contributed by atoms with van der Waals surface area (Å²) in [5.74, 6) is -1.24. The highest BCUT2D eigenvalue weighted by Gasteiger charge is 2.31. The molecule has 0 saturated carbocycles. The van der Waals surface area contributed by atoms with Gasteiger partial charge in [-0.3, -0.25) is 14.4 Å². The number of methoxy groups -OCH3 is 1. The zero-order chi connectivity index (χ0) is 35.0. The van der Waals surface area contributed by atoms with Crippen LogP contribution in [0.3, 0.4) is 0 Å². The number of nitrogens with one attached hydrogen (secondary N) is 3. The predicted octanol–water partition coefficient (Wildman–Crippen LogP) is 8.40. The fourth-order valence-electron chi connectivity index (χ4n) is 5.78. The number of thiophene rings is 2. The smallest absolute Gasteiger partial charge is 0.341 e. The van der Waals surface area contributed by atoms with Gasteiger partial charge in [0.1, 0.15) is 10.7 Å². The lowest BCUT2D eigenvalue weighted by atomic mass is 9.83. The maximum absolute atomic E-state index is 13.5. The highest BCUT2D eigenvalue weighted by atomic mass is 32.2. The first-order valence-corrected chi connectivity index (χ1v) is 18.7.